The van der Waals surface area contributed by atoms with E-state index in [4.69, 9.17) is 0 Å². The van der Waals surface area contributed by atoms with Crippen LogP contribution in [0.4, 0.5) is 0 Å². The summed E-state index contributed by atoms with van der Waals surface area (Å²) < 4.78 is 1.18. The third-order valence-corrected chi connectivity index (χ3v) is 4.83. The van der Waals surface area contributed by atoms with Crippen LogP contribution in [-0.2, 0) is 6.42 Å². The Bertz CT molecular complexity index is 510. The molecule has 0 aliphatic carbocycles. The lowest BCUT2D eigenvalue weighted by Crippen LogP contribution is -2.25. The van der Waals surface area contributed by atoms with Gasteiger partial charge in [0.05, 0.1) is 23.6 Å². The zero-order valence-corrected chi connectivity index (χ0v) is 13.6. The third kappa shape index (κ3) is 4.09. The second kappa shape index (κ2) is 7.12. The maximum absolute atomic E-state index is 4.51. The van der Waals surface area contributed by atoms with Crippen molar-refractivity contribution >= 4 is 27.3 Å². The van der Waals surface area contributed by atoms with Gasteiger partial charge in [0, 0.05) is 22.0 Å². The van der Waals surface area contributed by atoms with Crippen molar-refractivity contribution in [3.63, 3.8) is 0 Å². The number of aromatic nitrogens is 2. The molecule has 2 aromatic rings. The highest BCUT2D eigenvalue weighted by molar-refractivity contribution is 9.10. The molecule has 19 heavy (non-hydrogen) atoms. The fraction of sp³-hybridized carbons (Fsp3) is 0.429. The van der Waals surface area contributed by atoms with Crippen LogP contribution in [0.15, 0.2) is 28.3 Å². The van der Waals surface area contributed by atoms with E-state index in [1.54, 1.807) is 11.3 Å². The fourth-order valence-electron chi connectivity index (χ4n) is 1.84. The van der Waals surface area contributed by atoms with Gasteiger partial charge in [0.2, 0.25) is 0 Å². The summed E-state index contributed by atoms with van der Waals surface area (Å²) in [4.78, 5) is 10.2. The number of hydrogen-bond donors (Lipinski definition) is 1. The third-order valence-electron chi connectivity index (χ3n) is 2.88. The van der Waals surface area contributed by atoms with Crippen molar-refractivity contribution in [2.24, 2.45) is 0 Å². The number of nitrogens with zero attached hydrogens (tertiary/aromatic N) is 2. The van der Waals surface area contributed by atoms with Gasteiger partial charge in [0.1, 0.15) is 0 Å². The Hall–Kier alpha value is -0.780. The molecule has 0 fully saturated rings. The molecule has 2 rings (SSSR count). The lowest BCUT2D eigenvalue weighted by molar-refractivity contribution is 0.518. The Morgan fingerprint density at radius 1 is 1.37 bits per heavy atom. The molecule has 0 radical (unpaired) electrons. The van der Waals surface area contributed by atoms with E-state index in [0.29, 0.717) is 0 Å². The van der Waals surface area contributed by atoms with Gasteiger partial charge in [0.15, 0.2) is 0 Å². The van der Waals surface area contributed by atoms with Crippen molar-refractivity contribution in [2.75, 3.05) is 6.54 Å². The predicted octanol–water partition coefficient (Wildman–Crippen LogP) is 3.89. The van der Waals surface area contributed by atoms with Gasteiger partial charge in [-0.25, -0.2) is 0 Å². The molecule has 2 aromatic heterocycles. The number of halogens is 1. The summed E-state index contributed by atoms with van der Waals surface area (Å²) in [6, 6.07) is 2.32. The van der Waals surface area contributed by atoms with Crippen LogP contribution in [0.2, 0.25) is 0 Å². The zero-order chi connectivity index (χ0) is 13.7. The smallest absolute Gasteiger partial charge is 0.0760 e. The molecule has 1 atom stereocenters. The van der Waals surface area contributed by atoms with E-state index in [2.05, 4.69) is 49.6 Å². The maximum Gasteiger partial charge on any atom is 0.0760 e. The average molecular weight is 340 g/mol. The molecule has 2 heterocycles. The van der Waals surface area contributed by atoms with E-state index < -0.39 is 0 Å². The van der Waals surface area contributed by atoms with Crippen molar-refractivity contribution in [3.8, 4) is 0 Å². The molecule has 0 aliphatic heterocycles. The highest BCUT2D eigenvalue weighted by Gasteiger charge is 2.15. The standard InChI is InChI=1S/C14H18BrN3S/c1-3-5-16-12(7-14-11(15)4-6-19-14)13-9-17-10(2)8-18-13/h4,6,8-9,12,16H,3,5,7H2,1-2H3. The van der Waals surface area contributed by atoms with E-state index in [9.17, 15) is 0 Å². The molecule has 0 spiro atoms. The van der Waals surface area contributed by atoms with Crippen LogP contribution >= 0.6 is 27.3 Å². The summed E-state index contributed by atoms with van der Waals surface area (Å²) in [5.74, 6) is 0. The Morgan fingerprint density at radius 2 is 2.21 bits per heavy atom. The fourth-order valence-corrected chi connectivity index (χ4v) is 3.40. The van der Waals surface area contributed by atoms with Gasteiger partial charge in [-0.05, 0) is 47.3 Å². The summed E-state index contributed by atoms with van der Waals surface area (Å²) in [5, 5.41) is 5.66. The molecular formula is C14H18BrN3S. The Morgan fingerprint density at radius 3 is 2.79 bits per heavy atom. The SMILES string of the molecule is CCCNC(Cc1sccc1Br)c1cnc(C)cn1. The number of rotatable bonds is 6. The Kier molecular flexibility index (Phi) is 5.48. The molecule has 1 unspecified atom stereocenters. The van der Waals surface area contributed by atoms with E-state index in [0.717, 1.165) is 30.8 Å². The van der Waals surface area contributed by atoms with Gasteiger partial charge >= 0.3 is 0 Å². The highest BCUT2D eigenvalue weighted by Crippen LogP contribution is 2.27. The van der Waals surface area contributed by atoms with Crippen LogP contribution in [-0.4, -0.2) is 16.5 Å². The van der Waals surface area contributed by atoms with Gasteiger partial charge in [-0.2, -0.15) is 0 Å². The van der Waals surface area contributed by atoms with E-state index in [1.165, 1.54) is 9.35 Å². The molecule has 5 heteroatoms. The molecule has 0 bridgehead atoms. The summed E-state index contributed by atoms with van der Waals surface area (Å²) in [6.07, 6.45) is 5.76. The van der Waals surface area contributed by atoms with Crippen LogP contribution < -0.4 is 5.32 Å². The number of hydrogen-bond acceptors (Lipinski definition) is 4. The highest BCUT2D eigenvalue weighted by atomic mass is 79.9. The monoisotopic (exact) mass is 339 g/mol. The van der Waals surface area contributed by atoms with Crippen LogP contribution in [0, 0.1) is 6.92 Å². The van der Waals surface area contributed by atoms with Crippen molar-refractivity contribution in [2.45, 2.75) is 32.7 Å². The summed E-state index contributed by atoms with van der Waals surface area (Å²) >= 11 is 5.37. The normalized spacial score (nSPS) is 12.6. The van der Waals surface area contributed by atoms with Crippen molar-refractivity contribution < 1.29 is 0 Å². The minimum absolute atomic E-state index is 0.225. The molecule has 3 nitrogen and oxygen atoms in total. The van der Waals surface area contributed by atoms with Crippen molar-refractivity contribution in [1.29, 1.82) is 0 Å². The summed E-state index contributed by atoms with van der Waals surface area (Å²) in [6.45, 7) is 5.12. The zero-order valence-electron chi connectivity index (χ0n) is 11.2. The van der Waals surface area contributed by atoms with Gasteiger partial charge in [-0.3, -0.25) is 9.97 Å². The Balaban J connectivity index is 2.15. The molecule has 102 valence electrons. The van der Waals surface area contributed by atoms with Gasteiger partial charge < -0.3 is 5.32 Å². The number of thiophene rings is 1. The minimum Gasteiger partial charge on any atom is -0.308 e. The molecule has 1 N–H and O–H groups in total. The average Bonchev–Trinajstić information content (AvgIpc) is 2.81. The number of aryl methyl sites for hydroxylation is 1. The first-order chi connectivity index (χ1) is 9.20. The first-order valence-electron chi connectivity index (χ1n) is 6.44. The van der Waals surface area contributed by atoms with Crippen LogP contribution in [0.1, 0.15) is 35.7 Å². The van der Waals surface area contributed by atoms with Gasteiger partial charge in [-0.1, -0.05) is 6.92 Å². The summed E-state index contributed by atoms with van der Waals surface area (Å²) in [5.41, 5.74) is 1.97. The van der Waals surface area contributed by atoms with Crippen LogP contribution in [0.5, 0.6) is 0 Å². The van der Waals surface area contributed by atoms with Crippen LogP contribution in [0.25, 0.3) is 0 Å². The quantitative estimate of drug-likeness (QED) is 0.867. The van der Waals surface area contributed by atoms with Crippen LogP contribution in [0.3, 0.4) is 0 Å². The largest absolute Gasteiger partial charge is 0.308 e. The van der Waals surface area contributed by atoms with E-state index in [-0.39, 0.29) is 6.04 Å². The molecular weight excluding hydrogens is 322 g/mol. The maximum atomic E-state index is 4.51. The summed E-state index contributed by atoms with van der Waals surface area (Å²) in [7, 11) is 0. The lowest BCUT2D eigenvalue weighted by atomic mass is 10.1. The first kappa shape index (κ1) is 14.6. The number of nitrogens with one attached hydrogen (secondary N) is 1. The second-order valence-corrected chi connectivity index (χ2v) is 6.34. The van der Waals surface area contributed by atoms with E-state index >= 15 is 0 Å². The molecule has 0 aromatic carbocycles. The first-order valence-corrected chi connectivity index (χ1v) is 8.11. The topological polar surface area (TPSA) is 37.8 Å². The lowest BCUT2D eigenvalue weighted by Gasteiger charge is -2.17. The molecule has 0 saturated heterocycles. The Labute approximate surface area is 126 Å². The molecule has 0 aliphatic rings. The van der Waals surface area contributed by atoms with Crippen molar-refractivity contribution in [1.82, 2.24) is 15.3 Å². The van der Waals surface area contributed by atoms with Crippen molar-refractivity contribution in [3.05, 3.63) is 44.6 Å². The second-order valence-electron chi connectivity index (χ2n) is 4.49. The van der Waals surface area contributed by atoms with Gasteiger partial charge in [-0.15, -0.1) is 11.3 Å². The minimum atomic E-state index is 0.225. The van der Waals surface area contributed by atoms with E-state index in [1.807, 2.05) is 19.3 Å². The predicted molar refractivity (Wildman–Crippen MR) is 83.5 cm³/mol. The van der Waals surface area contributed by atoms with Gasteiger partial charge in [0.25, 0.3) is 0 Å². The molecule has 0 saturated carbocycles. The molecule has 0 amide bonds.